The van der Waals surface area contributed by atoms with Crippen LogP contribution in [0.5, 0.6) is 11.5 Å². The molecule has 1 fully saturated rings. The van der Waals surface area contributed by atoms with Gasteiger partial charge in [0.1, 0.15) is 0 Å². The molecule has 0 unspecified atom stereocenters. The average Bonchev–Trinajstić information content (AvgIpc) is 2.65. The number of carbonyl (C=O) groups excluding carboxylic acids is 1. The van der Waals surface area contributed by atoms with Gasteiger partial charge in [-0.2, -0.15) is 0 Å². The van der Waals surface area contributed by atoms with Crippen LogP contribution in [0.2, 0.25) is 0 Å². The lowest BCUT2D eigenvalue weighted by atomic mass is 9.93. The van der Waals surface area contributed by atoms with Gasteiger partial charge in [-0.25, -0.2) is 0 Å². The number of ether oxygens (including phenoxy) is 2. The molecule has 0 radical (unpaired) electrons. The molecular formula is C20H30N2O3. The number of hydrogen-bond donors (Lipinski definition) is 2. The predicted octanol–water partition coefficient (Wildman–Crippen LogP) is 2.83. The van der Waals surface area contributed by atoms with Gasteiger partial charge in [-0.15, -0.1) is 6.58 Å². The van der Waals surface area contributed by atoms with Crippen molar-refractivity contribution in [2.24, 2.45) is 5.92 Å². The molecule has 0 spiro atoms. The van der Waals surface area contributed by atoms with Crippen LogP contribution >= 0.6 is 0 Å². The minimum absolute atomic E-state index is 0.110. The molecule has 1 aliphatic rings. The first-order valence-corrected chi connectivity index (χ1v) is 9.00. The van der Waals surface area contributed by atoms with E-state index in [2.05, 4.69) is 17.2 Å². The van der Waals surface area contributed by atoms with E-state index in [0.29, 0.717) is 31.1 Å². The molecule has 1 aliphatic heterocycles. The fourth-order valence-corrected chi connectivity index (χ4v) is 3.31. The lowest BCUT2D eigenvalue weighted by Gasteiger charge is -2.22. The first-order chi connectivity index (χ1) is 12.2. The summed E-state index contributed by atoms with van der Waals surface area (Å²) in [6, 6.07) is 3.95. The SMILES string of the molecule is C=CCc1cc(CNC(=O)CCC2CCNCC2)cc(OC)c1OC. The number of piperidine rings is 1. The molecule has 25 heavy (non-hydrogen) atoms. The summed E-state index contributed by atoms with van der Waals surface area (Å²) >= 11 is 0. The molecule has 5 nitrogen and oxygen atoms in total. The lowest BCUT2D eigenvalue weighted by molar-refractivity contribution is -0.121. The number of methoxy groups -OCH3 is 2. The van der Waals surface area contributed by atoms with Crippen molar-refractivity contribution in [2.45, 2.75) is 38.6 Å². The Morgan fingerprint density at radius 1 is 1.32 bits per heavy atom. The zero-order chi connectivity index (χ0) is 18.1. The molecule has 5 heteroatoms. The maximum atomic E-state index is 12.1. The molecule has 0 atom stereocenters. The summed E-state index contributed by atoms with van der Waals surface area (Å²) < 4.78 is 10.9. The predicted molar refractivity (Wildman–Crippen MR) is 100 cm³/mol. The summed E-state index contributed by atoms with van der Waals surface area (Å²) in [4.78, 5) is 12.1. The number of hydrogen-bond acceptors (Lipinski definition) is 4. The van der Waals surface area contributed by atoms with E-state index in [9.17, 15) is 4.79 Å². The minimum atomic E-state index is 0.110. The fraction of sp³-hybridized carbons (Fsp3) is 0.550. The second-order valence-corrected chi connectivity index (χ2v) is 6.49. The van der Waals surface area contributed by atoms with Crippen molar-refractivity contribution in [1.29, 1.82) is 0 Å². The molecule has 0 saturated carbocycles. The number of allylic oxidation sites excluding steroid dienone is 1. The first-order valence-electron chi connectivity index (χ1n) is 9.00. The molecule has 0 aliphatic carbocycles. The van der Waals surface area contributed by atoms with Crippen LogP contribution in [0.25, 0.3) is 0 Å². The fourth-order valence-electron chi connectivity index (χ4n) is 3.31. The van der Waals surface area contributed by atoms with Crippen molar-refractivity contribution in [3.8, 4) is 11.5 Å². The van der Waals surface area contributed by atoms with Gasteiger partial charge in [0, 0.05) is 18.5 Å². The van der Waals surface area contributed by atoms with E-state index >= 15 is 0 Å². The van der Waals surface area contributed by atoms with Crippen LogP contribution in [0, 0.1) is 5.92 Å². The van der Waals surface area contributed by atoms with Crippen LogP contribution in [0.4, 0.5) is 0 Å². The van der Waals surface area contributed by atoms with E-state index in [0.717, 1.165) is 36.4 Å². The molecule has 1 amide bonds. The summed E-state index contributed by atoms with van der Waals surface area (Å²) in [7, 11) is 3.25. The molecule has 2 N–H and O–H groups in total. The second-order valence-electron chi connectivity index (χ2n) is 6.49. The molecule has 2 rings (SSSR count). The van der Waals surface area contributed by atoms with Gasteiger partial charge in [0.2, 0.25) is 5.91 Å². The van der Waals surface area contributed by atoms with Gasteiger partial charge in [-0.1, -0.05) is 6.08 Å². The number of benzene rings is 1. The minimum Gasteiger partial charge on any atom is -0.493 e. The van der Waals surface area contributed by atoms with Crippen molar-refractivity contribution in [1.82, 2.24) is 10.6 Å². The largest absolute Gasteiger partial charge is 0.493 e. The summed E-state index contributed by atoms with van der Waals surface area (Å²) in [6.07, 6.45) is 6.44. The lowest BCUT2D eigenvalue weighted by Crippen LogP contribution is -2.29. The van der Waals surface area contributed by atoms with Crippen LogP contribution in [-0.4, -0.2) is 33.2 Å². The van der Waals surface area contributed by atoms with Crippen LogP contribution < -0.4 is 20.1 Å². The Balaban J connectivity index is 1.91. The Labute approximate surface area is 150 Å². The molecule has 1 heterocycles. The standard InChI is InChI=1S/C20H30N2O3/c1-4-5-17-12-16(13-18(24-2)20(17)25-3)14-22-19(23)7-6-15-8-10-21-11-9-15/h4,12-13,15,21H,1,5-11,14H2,2-3H3,(H,22,23). The second kappa shape index (κ2) is 10.1. The summed E-state index contributed by atoms with van der Waals surface area (Å²) in [6.45, 7) is 6.43. The third-order valence-corrected chi connectivity index (χ3v) is 4.71. The Hall–Kier alpha value is -2.01. The highest BCUT2D eigenvalue weighted by Crippen LogP contribution is 2.33. The number of amides is 1. The zero-order valence-corrected chi connectivity index (χ0v) is 15.4. The van der Waals surface area contributed by atoms with Gasteiger partial charge in [0.05, 0.1) is 14.2 Å². The van der Waals surface area contributed by atoms with Crippen LogP contribution in [-0.2, 0) is 17.8 Å². The van der Waals surface area contributed by atoms with E-state index in [1.54, 1.807) is 14.2 Å². The zero-order valence-electron chi connectivity index (χ0n) is 15.4. The number of carbonyl (C=O) groups is 1. The highest BCUT2D eigenvalue weighted by Gasteiger charge is 2.15. The number of rotatable bonds is 9. The highest BCUT2D eigenvalue weighted by molar-refractivity contribution is 5.75. The quantitative estimate of drug-likeness (QED) is 0.675. The van der Waals surface area contributed by atoms with Crippen LogP contribution in [0.3, 0.4) is 0 Å². The summed E-state index contributed by atoms with van der Waals surface area (Å²) in [5.74, 6) is 2.19. The van der Waals surface area contributed by atoms with Crippen molar-refractivity contribution in [2.75, 3.05) is 27.3 Å². The van der Waals surface area contributed by atoms with Gasteiger partial charge in [0.25, 0.3) is 0 Å². The van der Waals surface area contributed by atoms with Crippen LogP contribution in [0.15, 0.2) is 24.8 Å². The number of nitrogens with one attached hydrogen (secondary N) is 2. The summed E-state index contributed by atoms with van der Waals surface area (Å²) in [5.41, 5.74) is 2.01. The Bertz CT molecular complexity index is 581. The smallest absolute Gasteiger partial charge is 0.220 e. The Morgan fingerprint density at radius 2 is 2.08 bits per heavy atom. The van der Waals surface area contributed by atoms with Gasteiger partial charge >= 0.3 is 0 Å². The van der Waals surface area contributed by atoms with Crippen molar-refractivity contribution >= 4 is 5.91 Å². The highest BCUT2D eigenvalue weighted by atomic mass is 16.5. The van der Waals surface area contributed by atoms with E-state index < -0.39 is 0 Å². The van der Waals surface area contributed by atoms with Crippen LogP contribution in [0.1, 0.15) is 36.8 Å². The van der Waals surface area contributed by atoms with Crippen molar-refractivity contribution in [3.05, 3.63) is 35.9 Å². The Kier molecular flexibility index (Phi) is 7.79. The topological polar surface area (TPSA) is 59.6 Å². The van der Waals surface area contributed by atoms with Crippen molar-refractivity contribution in [3.63, 3.8) is 0 Å². The van der Waals surface area contributed by atoms with E-state index in [1.165, 1.54) is 12.8 Å². The molecule has 138 valence electrons. The maximum absolute atomic E-state index is 12.1. The van der Waals surface area contributed by atoms with E-state index in [1.807, 2.05) is 18.2 Å². The first kappa shape index (κ1) is 19.3. The maximum Gasteiger partial charge on any atom is 0.220 e. The third kappa shape index (κ3) is 5.78. The third-order valence-electron chi connectivity index (χ3n) is 4.71. The molecule has 1 aromatic carbocycles. The van der Waals surface area contributed by atoms with Gasteiger partial charge in [-0.3, -0.25) is 4.79 Å². The van der Waals surface area contributed by atoms with E-state index in [4.69, 9.17) is 9.47 Å². The van der Waals surface area contributed by atoms with Gasteiger partial charge < -0.3 is 20.1 Å². The van der Waals surface area contributed by atoms with Gasteiger partial charge in [0.15, 0.2) is 11.5 Å². The monoisotopic (exact) mass is 346 g/mol. The Morgan fingerprint density at radius 3 is 2.72 bits per heavy atom. The molecule has 1 aromatic rings. The average molecular weight is 346 g/mol. The molecule has 1 saturated heterocycles. The molecular weight excluding hydrogens is 316 g/mol. The summed E-state index contributed by atoms with van der Waals surface area (Å²) in [5, 5.41) is 6.37. The van der Waals surface area contributed by atoms with Crippen molar-refractivity contribution < 1.29 is 14.3 Å². The van der Waals surface area contributed by atoms with Gasteiger partial charge in [-0.05, 0) is 62.4 Å². The molecule has 0 bridgehead atoms. The normalized spacial score (nSPS) is 14.8. The van der Waals surface area contributed by atoms with E-state index in [-0.39, 0.29) is 5.91 Å². The molecule has 0 aromatic heterocycles.